The molecule has 0 aliphatic rings. The summed E-state index contributed by atoms with van der Waals surface area (Å²) in [5.41, 5.74) is 8.03. The number of thiazole rings is 1. The summed E-state index contributed by atoms with van der Waals surface area (Å²) in [5.74, 6) is 1.45. The highest BCUT2D eigenvalue weighted by Crippen LogP contribution is 2.29. The minimum atomic E-state index is 0. The van der Waals surface area contributed by atoms with Crippen LogP contribution in [0.2, 0.25) is 0 Å². The van der Waals surface area contributed by atoms with E-state index in [1.165, 1.54) is 0 Å². The molecule has 1 aromatic heterocycles. The van der Waals surface area contributed by atoms with Crippen LogP contribution in [0.4, 0.5) is 0 Å². The second-order valence-electron chi connectivity index (χ2n) is 6.62. The average molecular weight is 434 g/mol. The SMILES string of the molecule is COc1ccc2sc(CN=C(N)/N=C(\C=N)c3c(OC)ccc4ccccc34)nc2c1.[HH]. The van der Waals surface area contributed by atoms with E-state index in [1.807, 2.05) is 54.6 Å². The van der Waals surface area contributed by atoms with Crippen molar-refractivity contribution in [3.8, 4) is 11.5 Å². The predicted octanol–water partition coefficient (Wildman–Crippen LogP) is 4.67. The Morgan fingerprint density at radius 1 is 1.16 bits per heavy atom. The van der Waals surface area contributed by atoms with E-state index in [2.05, 4.69) is 15.0 Å². The average Bonchev–Trinajstić information content (AvgIpc) is 3.22. The molecule has 0 spiro atoms. The van der Waals surface area contributed by atoms with Gasteiger partial charge in [0.25, 0.3) is 0 Å². The largest absolute Gasteiger partial charge is 0.497 e. The maximum atomic E-state index is 7.90. The molecule has 0 aliphatic carbocycles. The number of nitrogens with one attached hydrogen (secondary N) is 1. The number of fused-ring (bicyclic) bond motifs is 2. The smallest absolute Gasteiger partial charge is 0.216 e. The van der Waals surface area contributed by atoms with Crippen molar-refractivity contribution in [3.05, 3.63) is 65.2 Å². The van der Waals surface area contributed by atoms with E-state index in [0.717, 1.165) is 38.0 Å². The Morgan fingerprint density at radius 3 is 2.77 bits per heavy atom. The minimum absolute atomic E-state index is 0. The summed E-state index contributed by atoms with van der Waals surface area (Å²) in [6.45, 7) is 0.301. The van der Waals surface area contributed by atoms with Crippen LogP contribution < -0.4 is 15.2 Å². The lowest BCUT2D eigenvalue weighted by Crippen LogP contribution is -2.15. The van der Waals surface area contributed by atoms with Crippen molar-refractivity contribution in [2.45, 2.75) is 6.54 Å². The fourth-order valence-corrected chi connectivity index (χ4v) is 4.18. The van der Waals surface area contributed by atoms with Crippen molar-refractivity contribution in [1.82, 2.24) is 4.98 Å². The summed E-state index contributed by atoms with van der Waals surface area (Å²) in [7, 11) is 3.22. The molecule has 0 atom stereocenters. The number of aromatic nitrogens is 1. The lowest BCUT2D eigenvalue weighted by Gasteiger charge is -2.11. The molecule has 0 saturated carbocycles. The van der Waals surface area contributed by atoms with Crippen LogP contribution in [0, 0.1) is 5.41 Å². The van der Waals surface area contributed by atoms with Gasteiger partial charge in [-0.25, -0.2) is 15.0 Å². The van der Waals surface area contributed by atoms with Gasteiger partial charge >= 0.3 is 0 Å². The topological polar surface area (TPSA) is 106 Å². The number of nitrogens with two attached hydrogens (primary N) is 1. The van der Waals surface area contributed by atoms with Crippen LogP contribution >= 0.6 is 11.3 Å². The first-order valence-electron chi connectivity index (χ1n) is 9.51. The summed E-state index contributed by atoms with van der Waals surface area (Å²) >= 11 is 1.54. The van der Waals surface area contributed by atoms with Gasteiger partial charge in [-0.15, -0.1) is 11.3 Å². The number of benzene rings is 3. The molecule has 1 heterocycles. The number of aliphatic imine (C=N–C) groups is 2. The van der Waals surface area contributed by atoms with Crippen molar-refractivity contribution < 1.29 is 10.9 Å². The van der Waals surface area contributed by atoms with Crippen LogP contribution in [0.3, 0.4) is 0 Å². The zero-order chi connectivity index (χ0) is 21.8. The van der Waals surface area contributed by atoms with E-state index in [0.29, 0.717) is 23.6 Å². The zero-order valence-corrected chi connectivity index (χ0v) is 17.9. The lowest BCUT2D eigenvalue weighted by atomic mass is 10.00. The Morgan fingerprint density at radius 2 is 2.00 bits per heavy atom. The molecule has 0 unspecified atom stereocenters. The van der Waals surface area contributed by atoms with E-state index < -0.39 is 0 Å². The highest BCUT2D eigenvalue weighted by molar-refractivity contribution is 7.18. The Balaban J connectivity index is 0.00000289. The molecule has 0 aliphatic heterocycles. The Labute approximate surface area is 184 Å². The third-order valence-electron chi connectivity index (χ3n) is 4.75. The van der Waals surface area contributed by atoms with Crippen LogP contribution in [0.15, 0.2) is 64.6 Å². The maximum absolute atomic E-state index is 7.90. The monoisotopic (exact) mass is 433 g/mol. The Bertz CT molecular complexity index is 1330. The molecule has 0 saturated heterocycles. The van der Waals surface area contributed by atoms with Crippen LogP contribution in [0.1, 0.15) is 12.0 Å². The standard InChI is InChI=1S/C23H21N5O2S.H2/c1-29-15-8-10-20-17(11-15)27-21(31-20)13-26-23(25)28-18(12-24)22-16-6-4-3-5-14(16)7-9-19(22)30-2;/h3-12,24H,13H2,1-2H3,(H2,25,26);1H/b24-12?,28-18+;. The van der Waals surface area contributed by atoms with Crippen molar-refractivity contribution in [2.24, 2.45) is 15.7 Å². The molecule has 3 aromatic carbocycles. The molecular formula is C23H23N5O2S. The van der Waals surface area contributed by atoms with E-state index in [1.54, 1.807) is 25.6 Å². The summed E-state index contributed by atoms with van der Waals surface area (Å²) in [5, 5.41) is 10.7. The van der Waals surface area contributed by atoms with Gasteiger partial charge in [-0.1, -0.05) is 30.3 Å². The number of ether oxygens (including phenoxy) is 2. The first kappa shape index (κ1) is 20.5. The van der Waals surface area contributed by atoms with Crippen molar-refractivity contribution in [1.29, 1.82) is 5.41 Å². The minimum Gasteiger partial charge on any atom is -0.497 e. The first-order valence-corrected chi connectivity index (χ1v) is 10.3. The second kappa shape index (κ2) is 8.93. The zero-order valence-electron chi connectivity index (χ0n) is 17.1. The maximum Gasteiger partial charge on any atom is 0.216 e. The molecule has 4 aromatic rings. The van der Waals surface area contributed by atoms with Crippen LogP contribution in [0.5, 0.6) is 11.5 Å². The van der Waals surface area contributed by atoms with Gasteiger partial charge in [0.05, 0.1) is 42.3 Å². The Hall–Kier alpha value is -3.78. The molecule has 31 heavy (non-hydrogen) atoms. The van der Waals surface area contributed by atoms with Crippen LogP contribution in [0.25, 0.3) is 21.0 Å². The first-order chi connectivity index (χ1) is 15.1. The third kappa shape index (κ3) is 4.24. The molecule has 158 valence electrons. The molecular weight excluding hydrogens is 410 g/mol. The number of methoxy groups -OCH3 is 2. The molecule has 0 bridgehead atoms. The number of rotatable bonds is 6. The number of nitrogens with zero attached hydrogens (tertiary/aromatic N) is 3. The van der Waals surface area contributed by atoms with Gasteiger partial charge in [0.2, 0.25) is 5.96 Å². The van der Waals surface area contributed by atoms with Gasteiger partial charge in [-0.3, -0.25) is 0 Å². The van der Waals surface area contributed by atoms with Gasteiger partial charge < -0.3 is 20.6 Å². The molecule has 0 amide bonds. The number of hydrogen-bond acceptors (Lipinski definition) is 6. The second-order valence-corrected chi connectivity index (χ2v) is 7.74. The molecule has 7 nitrogen and oxygen atoms in total. The van der Waals surface area contributed by atoms with Crippen LogP contribution in [-0.2, 0) is 6.54 Å². The molecule has 3 N–H and O–H groups in total. The Kier molecular flexibility index (Phi) is 5.90. The van der Waals surface area contributed by atoms with E-state index in [9.17, 15) is 0 Å². The van der Waals surface area contributed by atoms with Crippen molar-refractivity contribution in [3.63, 3.8) is 0 Å². The fraction of sp³-hybridized carbons (Fsp3) is 0.130. The number of guanidine groups is 1. The van der Waals surface area contributed by atoms with Gasteiger partial charge in [0.15, 0.2) is 0 Å². The van der Waals surface area contributed by atoms with Gasteiger partial charge in [0, 0.05) is 13.7 Å². The van der Waals surface area contributed by atoms with Crippen molar-refractivity contribution >= 4 is 50.2 Å². The lowest BCUT2D eigenvalue weighted by molar-refractivity contribution is 0.414. The van der Waals surface area contributed by atoms with Crippen LogP contribution in [-0.4, -0.2) is 37.1 Å². The normalized spacial score (nSPS) is 12.3. The summed E-state index contributed by atoms with van der Waals surface area (Å²) < 4.78 is 11.8. The van der Waals surface area contributed by atoms with Gasteiger partial charge in [0.1, 0.15) is 16.5 Å². The predicted molar refractivity (Wildman–Crippen MR) is 129 cm³/mol. The van der Waals surface area contributed by atoms with E-state index >= 15 is 0 Å². The third-order valence-corrected chi connectivity index (χ3v) is 5.78. The summed E-state index contributed by atoms with van der Waals surface area (Å²) in [6, 6.07) is 17.5. The van der Waals surface area contributed by atoms with Gasteiger partial charge in [-0.05, 0) is 29.0 Å². The molecule has 4 rings (SSSR count). The summed E-state index contributed by atoms with van der Waals surface area (Å²) in [4.78, 5) is 13.3. The molecule has 8 heteroatoms. The highest BCUT2D eigenvalue weighted by atomic mass is 32.1. The van der Waals surface area contributed by atoms with Gasteiger partial charge in [-0.2, -0.15) is 0 Å². The number of hydrogen-bond donors (Lipinski definition) is 2. The fourth-order valence-electron chi connectivity index (χ4n) is 3.30. The highest BCUT2D eigenvalue weighted by Gasteiger charge is 2.13. The van der Waals surface area contributed by atoms with Crippen molar-refractivity contribution in [2.75, 3.05) is 14.2 Å². The molecule has 0 fully saturated rings. The van der Waals surface area contributed by atoms with E-state index in [-0.39, 0.29) is 7.39 Å². The quantitative estimate of drug-likeness (QED) is 0.340. The van der Waals surface area contributed by atoms with E-state index in [4.69, 9.17) is 20.6 Å². The summed E-state index contributed by atoms with van der Waals surface area (Å²) in [6.07, 6.45) is 1.16. The molecule has 0 radical (unpaired) electrons.